The highest BCUT2D eigenvalue weighted by atomic mass is 33.1. The molecule has 3 heterocycles. The highest BCUT2D eigenvalue weighted by Gasteiger charge is 2.35. The molecule has 0 saturated carbocycles. The van der Waals surface area contributed by atoms with Crippen molar-refractivity contribution in [3.8, 4) is 0 Å². The summed E-state index contributed by atoms with van der Waals surface area (Å²) in [5.41, 5.74) is 0. The number of hydrogen-bond donors (Lipinski definition) is 2. The van der Waals surface area contributed by atoms with Crippen molar-refractivity contribution in [3.05, 3.63) is 0 Å². The molecule has 0 aromatic rings. The van der Waals surface area contributed by atoms with Gasteiger partial charge in [-0.15, -0.1) is 0 Å². The largest absolute Gasteiger partial charge is 0.342 e. The second-order valence-corrected chi connectivity index (χ2v) is 5.24. The highest BCUT2D eigenvalue weighted by molar-refractivity contribution is 8.76. The van der Waals surface area contributed by atoms with Gasteiger partial charge >= 0.3 is 0 Å². The fourth-order valence-corrected chi connectivity index (χ4v) is 3.47. The number of carbonyl (C=O) groups is 2. The minimum absolute atomic E-state index is 0.0487. The number of rotatable bonds is 0. The molecule has 12 heavy (non-hydrogen) atoms. The van der Waals surface area contributed by atoms with Crippen molar-refractivity contribution in [3.63, 3.8) is 0 Å². The Morgan fingerprint density at radius 1 is 1.00 bits per heavy atom. The second kappa shape index (κ2) is 3.18. The van der Waals surface area contributed by atoms with Gasteiger partial charge in [0.25, 0.3) is 0 Å². The van der Waals surface area contributed by atoms with Crippen LogP contribution in [0.3, 0.4) is 0 Å². The van der Waals surface area contributed by atoms with Crippen LogP contribution >= 0.6 is 21.6 Å². The maximum atomic E-state index is 11.2. The highest BCUT2D eigenvalue weighted by Crippen LogP contribution is 2.26. The van der Waals surface area contributed by atoms with Crippen LogP contribution in [0.25, 0.3) is 0 Å². The van der Waals surface area contributed by atoms with Crippen molar-refractivity contribution in [2.75, 3.05) is 11.5 Å². The topological polar surface area (TPSA) is 58.2 Å². The third-order valence-corrected chi connectivity index (χ3v) is 4.24. The molecule has 0 spiro atoms. The summed E-state index contributed by atoms with van der Waals surface area (Å²) in [6.07, 6.45) is 0. The molecular formula is C6H8N2O2S2. The van der Waals surface area contributed by atoms with Crippen LogP contribution in [-0.4, -0.2) is 35.4 Å². The van der Waals surface area contributed by atoms with Crippen molar-refractivity contribution >= 4 is 33.4 Å². The average molecular weight is 204 g/mol. The first-order valence-electron chi connectivity index (χ1n) is 3.62. The fraction of sp³-hybridized carbons (Fsp3) is 0.667. The first kappa shape index (κ1) is 8.25. The smallest absolute Gasteiger partial charge is 0.244 e. The summed E-state index contributed by atoms with van der Waals surface area (Å²) >= 11 is 0. The molecule has 3 saturated heterocycles. The number of carbonyl (C=O) groups excluding carboxylic acids is 2. The Morgan fingerprint density at radius 2 is 1.42 bits per heavy atom. The Hall–Kier alpha value is -0.360. The number of amides is 2. The normalized spacial score (nSPS) is 35.0. The van der Waals surface area contributed by atoms with E-state index in [9.17, 15) is 9.59 Å². The molecular weight excluding hydrogens is 196 g/mol. The van der Waals surface area contributed by atoms with Crippen molar-refractivity contribution in [2.24, 2.45) is 0 Å². The summed E-state index contributed by atoms with van der Waals surface area (Å²) in [4.78, 5) is 22.5. The Morgan fingerprint density at radius 3 is 1.83 bits per heavy atom. The van der Waals surface area contributed by atoms with Gasteiger partial charge in [-0.2, -0.15) is 0 Å². The van der Waals surface area contributed by atoms with Gasteiger partial charge in [-0.25, -0.2) is 0 Å². The summed E-state index contributed by atoms with van der Waals surface area (Å²) < 4.78 is 0. The zero-order valence-corrected chi connectivity index (χ0v) is 7.83. The fourth-order valence-electron chi connectivity index (χ4n) is 1.14. The SMILES string of the molecule is O=C1N[C@@H]2CSSCC1NC2=O. The molecule has 0 aromatic heterocycles. The van der Waals surface area contributed by atoms with Crippen LogP contribution in [0, 0.1) is 0 Å². The zero-order valence-electron chi connectivity index (χ0n) is 6.20. The average Bonchev–Trinajstić information content (AvgIpc) is 2.00. The molecule has 2 bridgehead atoms. The lowest BCUT2D eigenvalue weighted by Gasteiger charge is -2.31. The molecule has 3 fully saturated rings. The molecule has 3 rings (SSSR count). The van der Waals surface area contributed by atoms with Gasteiger partial charge in [0.05, 0.1) is 0 Å². The van der Waals surface area contributed by atoms with Gasteiger partial charge in [0.2, 0.25) is 11.8 Å². The van der Waals surface area contributed by atoms with Crippen molar-refractivity contribution in [1.29, 1.82) is 0 Å². The molecule has 66 valence electrons. The predicted octanol–water partition coefficient (Wildman–Crippen LogP) is -0.635. The van der Waals surface area contributed by atoms with Crippen LogP contribution in [0.5, 0.6) is 0 Å². The molecule has 2 amide bonds. The third kappa shape index (κ3) is 1.40. The molecule has 2 N–H and O–H groups in total. The summed E-state index contributed by atoms with van der Waals surface area (Å²) in [5.74, 6) is 1.23. The van der Waals surface area contributed by atoms with Crippen LogP contribution in [0.4, 0.5) is 0 Å². The molecule has 3 aliphatic heterocycles. The first-order valence-corrected chi connectivity index (χ1v) is 6.11. The van der Waals surface area contributed by atoms with Crippen LogP contribution in [-0.2, 0) is 9.59 Å². The van der Waals surface area contributed by atoms with E-state index in [1.54, 1.807) is 21.6 Å². The maximum Gasteiger partial charge on any atom is 0.244 e. The van der Waals surface area contributed by atoms with Gasteiger partial charge in [-0.3, -0.25) is 9.59 Å². The van der Waals surface area contributed by atoms with E-state index in [-0.39, 0.29) is 23.9 Å². The Kier molecular flexibility index (Phi) is 2.18. The van der Waals surface area contributed by atoms with E-state index in [4.69, 9.17) is 0 Å². The molecule has 0 aromatic carbocycles. The summed E-state index contributed by atoms with van der Waals surface area (Å²) in [6, 6.07) is -0.655. The molecule has 1 unspecified atom stereocenters. The number of fused-ring (bicyclic) bond motifs is 5. The molecule has 4 nitrogen and oxygen atoms in total. The van der Waals surface area contributed by atoms with Gasteiger partial charge in [0.1, 0.15) is 12.1 Å². The predicted molar refractivity (Wildman–Crippen MR) is 48.8 cm³/mol. The molecule has 2 atom stereocenters. The first-order chi connectivity index (χ1) is 5.77. The summed E-state index contributed by atoms with van der Waals surface area (Å²) in [7, 11) is 3.28. The lowest BCUT2D eigenvalue weighted by molar-refractivity contribution is -0.135. The number of hydrogen-bond acceptors (Lipinski definition) is 4. The van der Waals surface area contributed by atoms with Gasteiger partial charge in [-0.05, 0) is 0 Å². The Bertz CT molecular complexity index is 210. The van der Waals surface area contributed by atoms with E-state index in [0.717, 1.165) is 0 Å². The lowest BCUT2D eigenvalue weighted by atomic mass is 10.2. The quantitative estimate of drug-likeness (QED) is 0.516. The standard InChI is InChI=1S/C6H8N2O2S2/c9-5-3-1-11-12-2-4(8-5)6(10)7-3/h3-4H,1-2H2,(H,7,10)(H,8,9)/t3-,4?/m1/s1. The van der Waals surface area contributed by atoms with Gasteiger partial charge in [-0.1, -0.05) is 21.6 Å². The summed E-state index contributed by atoms with van der Waals surface area (Å²) in [6.45, 7) is 0. The van der Waals surface area contributed by atoms with E-state index in [1.807, 2.05) is 0 Å². The van der Waals surface area contributed by atoms with E-state index < -0.39 is 0 Å². The lowest BCUT2D eigenvalue weighted by Crippen LogP contribution is -2.63. The minimum Gasteiger partial charge on any atom is -0.342 e. The Labute approximate surface area is 77.6 Å². The number of nitrogens with one attached hydrogen (secondary N) is 2. The second-order valence-electron chi connectivity index (χ2n) is 2.69. The van der Waals surface area contributed by atoms with E-state index in [1.165, 1.54) is 0 Å². The molecule has 6 heteroatoms. The van der Waals surface area contributed by atoms with E-state index in [2.05, 4.69) is 10.6 Å². The summed E-state index contributed by atoms with van der Waals surface area (Å²) in [5, 5.41) is 5.37. The number of piperazine rings is 1. The van der Waals surface area contributed by atoms with E-state index >= 15 is 0 Å². The molecule has 0 radical (unpaired) electrons. The van der Waals surface area contributed by atoms with E-state index in [0.29, 0.717) is 11.5 Å². The monoisotopic (exact) mass is 204 g/mol. The Balaban J connectivity index is 2.17. The van der Waals surface area contributed by atoms with Crippen LogP contribution < -0.4 is 10.6 Å². The van der Waals surface area contributed by atoms with Crippen LogP contribution in [0.1, 0.15) is 0 Å². The zero-order chi connectivity index (χ0) is 8.55. The minimum atomic E-state index is -0.327. The van der Waals surface area contributed by atoms with Crippen molar-refractivity contribution in [2.45, 2.75) is 12.1 Å². The van der Waals surface area contributed by atoms with Crippen molar-refractivity contribution in [1.82, 2.24) is 10.6 Å². The van der Waals surface area contributed by atoms with Crippen LogP contribution in [0.15, 0.2) is 0 Å². The maximum absolute atomic E-state index is 11.2. The van der Waals surface area contributed by atoms with Gasteiger partial charge < -0.3 is 10.6 Å². The third-order valence-electron chi connectivity index (χ3n) is 1.82. The molecule has 3 aliphatic rings. The molecule has 0 aliphatic carbocycles. The van der Waals surface area contributed by atoms with Gasteiger partial charge in [0.15, 0.2) is 0 Å². The van der Waals surface area contributed by atoms with Gasteiger partial charge in [0, 0.05) is 11.5 Å². The van der Waals surface area contributed by atoms with Crippen molar-refractivity contribution < 1.29 is 9.59 Å². The van der Waals surface area contributed by atoms with Crippen LogP contribution in [0.2, 0.25) is 0 Å².